The molecular formula is C20H22Br2N4O2S. The van der Waals surface area contributed by atoms with E-state index < -0.39 is 10.0 Å². The number of likely N-dealkylation sites (N-methyl/N-ethyl adjacent to an activating group) is 1. The minimum Gasteiger partial charge on any atom is -0.305 e. The Morgan fingerprint density at radius 1 is 1.24 bits per heavy atom. The van der Waals surface area contributed by atoms with Gasteiger partial charge in [-0.15, -0.1) is 0 Å². The van der Waals surface area contributed by atoms with Crippen LogP contribution in [0.15, 0.2) is 62.4 Å². The van der Waals surface area contributed by atoms with E-state index in [4.69, 9.17) is 0 Å². The first kappa shape index (κ1) is 22.2. The second kappa shape index (κ2) is 9.58. The van der Waals surface area contributed by atoms with Gasteiger partial charge in [0, 0.05) is 34.6 Å². The van der Waals surface area contributed by atoms with E-state index in [2.05, 4.69) is 59.8 Å². The first-order valence-electron chi connectivity index (χ1n) is 9.14. The number of rotatable bonds is 7. The first-order valence-corrected chi connectivity index (χ1v) is 12.2. The maximum atomic E-state index is 12.9. The van der Waals surface area contributed by atoms with E-state index in [0.29, 0.717) is 28.5 Å². The number of sulfonamides is 1. The Morgan fingerprint density at radius 3 is 2.66 bits per heavy atom. The summed E-state index contributed by atoms with van der Waals surface area (Å²) in [7, 11) is -1.69. The molecule has 2 aromatic rings. The third kappa shape index (κ3) is 5.80. The van der Waals surface area contributed by atoms with Crippen LogP contribution in [-0.4, -0.2) is 50.4 Å². The van der Waals surface area contributed by atoms with Gasteiger partial charge in [0.1, 0.15) is 0 Å². The molecule has 0 amide bonds. The Morgan fingerprint density at radius 2 is 1.97 bits per heavy atom. The normalized spacial score (nSPS) is 19.5. The van der Waals surface area contributed by atoms with Crippen molar-refractivity contribution in [2.75, 3.05) is 20.1 Å². The lowest BCUT2D eigenvalue weighted by Gasteiger charge is -2.24. The van der Waals surface area contributed by atoms with Crippen molar-refractivity contribution in [1.82, 2.24) is 14.5 Å². The maximum Gasteiger partial charge on any atom is 0.242 e. The molecule has 0 saturated carbocycles. The van der Waals surface area contributed by atoms with E-state index in [1.807, 2.05) is 25.2 Å². The molecule has 1 aliphatic heterocycles. The van der Waals surface area contributed by atoms with Gasteiger partial charge in [-0.25, -0.2) is 13.1 Å². The molecule has 1 N–H and O–H groups in total. The number of nitrogens with one attached hydrogen (secondary N) is 1. The Hall–Kier alpha value is -1.44. The average molecular weight is 542 g/mol. The smallest absolute Gasteiger partial charge is 0.242 e. The molecule has 0 spiro atoms. The highest BCUT2D eigenvalue weighted by molar-refractivity contribution is 9.11. The Bertz CT molecular complexity index is 995. The van der Waals surface area contributed by atoms with Crippen LogP contribution < -0.4 is 4.72 Å². The van der Waals surface area contributed by atoms with Gasteiger partial charge in [0.25, 0.3) is 0 Å². The highest BCUT2D eigenvalue weighted by atomic mass is 79.9. The summed E-state index contributed by atoms with van der Waals surface area (Å²) in [6.07, 6.45) is 2.80. The molecule has 0 aliphatic carbocycles. The number of benzene rings is 2. The van der Waals surface area contributed by atoms with Gasteiger partial charge in [-0.3, -0.25) is 0 Å². The third-order valence-corrected chi connectivity index (χ3v) is 7.87. The van der Waals surface area contributed by atoms with Gasteiger partial charge in [0.05, 0.1) is 10.9 Å². The summed E-state index contributed by atoms with van der Waals surface area (Å²) in [4.78, 5) is 4.01. The maximum absolute atomic E-state index is 12.9. The lowest BCUT2D eigenvalue weighted by Crippen LogP contribution is -2.36. The molecular weight excluding hydrogens is 520 g/mol. The van der Waals surface area contributed by atoms with E-state index in [-0.39, 0.29) is 17.0 Å². The van der Waals surface area contributed by atoms with Crippen molar-refractivity contribution in [3.63, 3.8) is 0 Å². The van der Waals surface area contributed by atoms with E-state index in [9.17, 15) is 13.7 Å². The molecule has 1 saturated heterocycles. The number of hydrogen-bond acceptors (Lipinski definition) is 5. The van der Waals surface area contributed by atoms with Crippen molar-refractivity contribution in [1.29, 1.82) is 5.26 Å². The molecule has 1 heterocycles. The molecule has 6 nitrogen and oxygen atoms in total. The van der Waals surface area contributed by atoms with Crippen molar-refractivity contribution in [2.45, 2.75) is 29.9 Å². The van der Waals surface area contributed by atoms with Crippen LogP contribution in [0.4, 0.5) is 0 Å². The van der Waals surface area contributed by atoms with Gasteiger partial charge in [-0.2, -0.15) is 5.26 Å². The SMILES string of the molecule is CN(Cc1ccccc1)C[C@H]1C[C@@H](NS(=O)(=O)c2cc(Br)ccc2Br)CN1C#N. The minimum absolute atomic E-state index is 0.0348. The molecule has 0 bridgehead atoms. The predicted molar refractivity (Wildman–Crippen MR) is 119 cm³/mol. The summed E-state index contributed by atoms with van der Waals surface area (Å²) in [6, 6.07) is 14.8. The van der Waals surface area contributed by atoms with Crippen LogP contribution >= 0.6 is 31.9 Å². The quantitative estimate of drug-likeness (QED) is 0.542. The van der Waals surface area contributed by atoms with Crippen molar-refractivity contribution < 1.29 is 8.42 Å². The molecule has 3 rings (SSSR count). The highest BCUT2D eigenvalue weighted by Gasteiger charge is 2.35. The van der Waals surface area contributed by atoms with Gasteiger partial charge >= 0.3 is 0 Å². The molecule has 0 aromatic heterocycles. The monoisotopic (exact) mass is 540 g/mol. The van der Waals surface area contributed by atoms with Crippen molar-refractivity contribution in [2.24, 2.45) is 0 Å². The first-order chi connectivity index (χ1) is 13.8. The number of hydrogen-bond donors (Lipinski definition) is 1. The molecule has 154 valence electrons. The predicted octanol–water partition coefficient (Wildman–Crippen LogP) is 3.55. The largest absolute Gasteiger partial charge is 0.305 e. The van der Waals surface area contributed by atoms with Gasteiger partial charge in [0.15, 0.2) is 6.19 Å². The fourth-order valence-electron chi connectivity index (χ4n) is 3.58. The zero-order valence-corrected chi connectivity index (χ0v) is 19.9. The molecule has 0 radical (unpaired) electrons. The fourth-order valence-corrected chi connectivity index (χ4v) is 6.33. The average Bonchev–Trinajstić information content (AvgIpc) is 3.04. The second-order valence-corrected chi connectivity index (χ2v) is 10.7. The van der Waals surface area contributed by atoms with Crippen LogP contribution in [0.1, 0.15) is 12.0 Å². The molecule has 0 unspecified atom stereocenters. The summed E-state index contributed by atoms with van der Waals surface area (Å²) >= 11 is 6.62. The van der Waals surface area contributed by atoms with Crippen LogP contribution in [0.25, 0.3) is 0 Å². The van der Waals surface area contributed by atoms with Crippen molar-refractivity contribution in [3.05, 3.63) is 63.0 Å². The van der Waals surface area contributed by atoms with Crippen molar-refractivity contribution in [3.8, 4) is 6.19 Å². The Labute approximate surface area is 188 Å². The fraction of sp³-hybridized carbons (Fsp3) is 0.350. The molecule has 9 heteroatoms. The van der Waals surface area contributed by atoms with E-state index in [1.54, 1.807) is 23.1 Å². The van der Waals surface area contributed by atoms with Crippen LogP contribution in [0.5, 0.6) is 0 Å². The highest BCUT2D eigenvalue weighted by Crippen LogP contribution is 2.27. The lowest BCUT2D eigenvalue weighted by molar-refractivity contribution is 0.237. The van der Waals surface area contributed by atoms with Gasteiger partial charge in [-0.1, -0.05) is 46.3 Å². The zero-order valence-electron chi connectivity index (χ0n) is 15.9. The van der Waals surface area contributed by atoms with Gasteiger partial charge < -0.3 is 9.80 Å². The molecule has 1 aliphatic rings. The molecule has 29 heavy (non-hydrogen) atoms. The molecule has 2 atom stereocenters. The van der Waals surface area contributed by atoms with E-state index >= 15 is 0 Å². The zero-order chi connectivity index (χ0) is 21.0. The van der Waals surface area contributed by atoms with E-state index in [0.717, 1.165) is 6.54 Å². The lowest BCUT2D eigenvalue weighted by atomic mass is 10.1. The minimum atomic E-state index is -3.71. The Kier molecular flexibility index (Phi) is 7.35. The third-order valence-electron chi connectivity index (χ3n) is 4.87. The summed E-state index contributed by atoms with van der Waals surface area (Å²) in [5.41, 5.74) is 1.20. The molecule has 2 aromatic carbocycles. The standard InChI is InChI=1S/C20H22Br2N4O2S/c1-25(11-15-5-3-2-4-6-15)13-18-10-17(12-26(18)14-23)24-29(27,28)20-9-16(21)7-8-19(20)22/h2-9,17-18,24H,10-13H2,1H3/t17-,18-/m1/s1. The van der Waals surface area contributed by atoms with Crippen LogP contribution in [-0.2, 0) is 16.6 Å². The Balaban J connectivity index is 1.65. The summed E-state index contributed by atoms with van der Waals surface area (Å²) in [6.45, 7) is 1.82. The van der Waals surface area contributed by atoms with Crippen LogP contribution in [0, 0.1) is 11.5 Å². The van der Waals surface area contributed by atoms with Crippen LogP contribution in [0.2, 0.25) is 0 Å². The number of nitriles is 1. The van der Waals surface area contributed by atoms with Gasteiger partial charge in [-0.05, 0) is 53.2 Å². The summed E-state index contributed by atoms with van der Waals surface area (Å²) in [5, 5.41) is 9.52. The van der Waals surface area contributed by atoms with Crippen LogP contribution in [0.3, 0.4) is 0 Å². The van der Waals surface area contributed by atoms with Gasteiger partial charge in [0.2, 0.25) is 10.0 Å². The molecule has 1 fully saturated rings. The second-order valence-electron chi connectivity index (χ2n) is 7.22. The summed E-state index contributed by atoms with van der Waals surface area (Å²) in [5.74, 6) is 0. The number of halogens is 2. The summed E-state index contributed by atoms with van der Waals surface area (Å²) < 4.78 is 29.7. The van der Waals surface area contributed by atoms with E-state index in [1.165, 1.54) is 5.56 Å². The topological polar surface area (TPSA) is 76.4 Å². The van der Waals surface area contributed by atoms with Crippen molar-refractivity contribution >= 4 is 41.9 Å². The number of nitrogens with zero attached hydrogens (tertiary/aromatic N) is 3. The number of likely N-dealkylation sites (tertiary alicyclic amines) is 1.